The molecule has 4 nitrogen and oxygen atoms in total. The molecule has 0 heterocycles. The van der Waals surface area contributed by atoms with Gasteiger partial charge in [0.1, 0.15) is 0 Å². The van der Waals surface area contributed by atoms with E-state index in [9.17, 15) is 15.0 Å². The number of hydrogen-bond donors (Lipinski definition) is 3. The Morgan fingerprint density at radius 3 is 1.92 bits per heavy atom. The smallest absolute Gasteiger partial charge is 0.303 e. The molecular weight excluding hydrogens is 328 g/mol. The molecule has 0 aliphatic carbocycles. The number of hydrogen-bond acceptors (Lipinski definition) is 3. The summed E-state index contributed by atoms with van der Waals surface area (Å²) in [6.07, 6.45) is 25.1. The molecule has 0 aromatic carbocycles. The monoisotopic (exact) mass is 360 g/mol. The van der Waals surface area contributed by atoms with Gasteiger partial charge in [0.2, 0.25) is 0 Å². The van der Waals surface area contributed by atoms with Crippen molar-refractivity contribution in [3.63, 3.8) is 0 Å². The quantitative estimate of drug-likeness (QED) is 0.315. The molecule has 0 aliphatic heterocycles. The minimum atomic E-state index is -0.900. The molecule has 0 saturated heterocycles. The Bertz CT molecular complexity index is 524. The molecular formula is C22H32O4. The van der Waals surface area contributed by atoms with Crippen LogP contribution in [0.15, 0.2) is 72.9 Å². The average molecular weight is 360 g/mol. The summed E-state index contributed by atoms with van der Waals surface area (Å²) in [5, 5.41) is 27.7. The third kappa shape index (κ3) is 18.2. The third-order valence-corrected chi connectivity index (χ3v) is 3.31. The van der Waals surface area contributed by atoms with Crippen molar-refractivity contribution < 1.29 is 20.1 Å². The van der Waals surface area contributed by atoms with E-state index in [-0.39, 0.29) is 12.8 Å². The van der Waals surface area contributed by atoms with E-state index < -0.39 is 18.2 Å². The Morgan fingerprint density at radius 1 is 0.808 bits per heavy atom. The highest BCUT2D eigenvalue weighted by Gasteiger charge is 2.02. The summed E-state index contributed by atoms with van der Waals surface area (Å²) >= 11 is 0. The van der Waals surface area contributed by atoms with Gasteiger partial charge in [-0.25, -0.2) is 0 Å². The van der Waals surface area contributed by atoms with Crippen LogP contribution < -0.4 is 0 Å². The van der Waals surface area contributed by atoms with Gasteiger partial charge < -0.3 is 15.3 Å². The van der Waals surface area contributed by atoms with E-state index >= 15 is 0 Å². The van der Waals surface area contributed by atoms with Crippen LogP contribution in [0, 0.1) is 0 Å². The predicted molar refractivity (Wildman–Crippen MR) is 108 cm³/mol. The van der Waals surface area contributed by atoms with Crippen molar-refractivity contribution >= 4 is 5.97 Å². The van der Waals surface area contributed by atoms with Crippen molar-refractivity contribution in [3.8, 4) is 0 Å². The Balaban J connectivity index is 3.80. The zero-order chi connectivity index (χ0) is 19.5. The summed E-state index contributed by atoms with van der Waals surface area (Å²) in [4.78, 5) is 10.4. The molecule has 0 aromatic heterocycles. The summed E-state index contributed by atoms with van der Waals surface area (Å²) in [7, 11) is 0. The molecule has 144 valence electrons. The van der Waals surface area contributed by atoms with Crippen molar-refractivity contribution in [1.82, 2.24) is 0 Å². The molecule has 2 atom stereocenters. The SMILES string of the molecule is CC/C=C/C[C@H](O)/C=C/C=C\C/C=C\C/C=C\C=C\[C@@H](O)CCC(=O)O. The maximum absolute atomic E-state index is 10.4. The van der Waals surface area contributed by atoms with Crippen molar-refractivity contribution in [3.05, 3.63) is 72.9 Å². The molecule has 0 unspecified atom stereocenters. The number of rotatable bonds is 14. The number of aliphatic hydroxyl groups is 2. The highest BCUT2D eigenvalue weighted by Crippen LogP contribution is 2.00. The van der Waals surface area contributed by atoms with E-state index in [4.69, 9.17) is 5.11 Å². The van der Waals surface area contributed by atoms with E-state index in [1.165, 1.54) is 0 Å². The molecule has 0 aliphatic rings. The van der Waals surface area contributed by atoms with Crippen LogP contribution >= 0.6 is 0 Å². The predicted octanol–water partition coefficient (Wildman–Crippen LogP) is 4.49. The van der Waals surface area contributed by atoms with Crippen LogP contribution in [0.1, 0.15) is 45.4 Å². The van der Waals surface area contributed by atoms with Gasteiger partial charge in [-0.3, -0.25) is 4.79 Å². The summed E-state index contributed by atoms with van der Waals surface area (Å²) in [5.41, 5.74) is 0. The fraction of sp³-hybridized carbons (Fsp3) is 0.409. The normalized spacial score (nSPS) is 15.5. The lowest BCUT2D eigenvalue weighted by molar-refractivity contribution is -0.137. The average Bonchev–Trinajstić information content (AvgIpc) is 2.61. The van der Waals surface area contributed by atoms with Crippen LogP contribution in [0.25, 0.3) is 0 Å². The van der Waals surface area contributed by atoms with Gasteiger partial charge in [-0.2, -0.15) is 0 Å². The van der Waals surface area contributed by atoms with E-state index in [1.54, 1.807) is 18.2 Å². The fourth-order valence-corrected chi connectivity index (χ4v) is 1.90. The molecule has 0 fully saturated rings. The van der Waals surface area contributed by atoms with Gasteiger partial charge in [0, 0.05) is 6.42 Å². The van der Waals surface area contributed by atoms with Gasteiger partial charge in [0.05, 0.1) is 12.2 Å². The van der Waals surface area contributed by atoms with Gasteiger partial charge in [0.25, 0.3) is 0 Å². The Morgan fingerprint density at radius 2 is 1.38 bits per heavy atom. The molecule has 0 spiro atoms. The second-order valence-corrected chi connectivity index (χ2v) is 5.75. The first-order valence-corrected chi connectivity index (χ1v) is 9.10. The largest absolute Gasteiger partial charge is 0.481 e. The molecule has 0 amide bonds. The number of aliphatic carboxylic acids is 1. The van der Waals surface area contributed by atoms with E-state index in [0.29, 0.717) is 6.42 Å². The highest BCUT2D eigenvalue weighted by atomic mass is 16.4. The summed E-state index contributed by atoms with van der Waals surface area (Å²) in [6, 6.07) is 0. The minimum absolute atomic E-state index is 0.0322. The number of carbonyl (C=O) groups is 1. The Hall–Kier alpha value is -2.17. The summed E-state index contributed by atoms with van der Waals surface area (Å²) in [6.45, 7) is 2.07. The van der Waals surface area contributed by atoms with Crippen molar-refractivity contribution in [1.29, 1.82) is 0 Å². The molecule has 4 heteroatoms. The van der Waals surface area contributed by atoms with Crippen LogP contribution in [-0.2, 0) is 4.79 Å². The molecule has 0 rings (SSSR count). The van der Waals surface area contributed by atoms with Crippen LogP contribution in [-0.4, -0.2) is 33.5 Å². The van der Waals surface area contributed by atoms with Gasteiger partial charge in [-0.15, -0.1) is 0 Å². The van der Waals surface area contributed by atoms with Crippen molar-refractivity contribution in [2.45, 2.75) is 57.7 Å². The Labute approximate surface area is 157 Å². The Kier molecular flexibility index (Phi) is 16.2. The molecule has 0 bridgehead atoms. The van der Waals surface area contributed by atoms with Gasteiger partial charge >= 0.3 is 5.97 Å². The summed E-state index contributed by atoms with van der Waals surface area (Å²) in [5.74, 6) is -0.900. The lowest BCUT2D eigenvalue weighted by Gasteiger charge is -2.00. The molecule has 0 radical (unpaired) electrons. The van der Waals surface area contributed by atoms with Crippen LogP contribution in [0.4, 0.5) is 0 Å². The highest BCUT2D eigenvalue weighted by molar-refractivity contribution is 5.66. The number of carboxylic acids is 1. The minimum Gasteiger partial charge on any atom is -0.481 e. The first kappa shape index (κ1) is 23.8. The maximum atomic E-state index is 10.4. The topological polar surface area (TPSA) is 77.8 Å². The molecule has 0 aromatic rings. The second-order valence-electron chi connectivity index (χ2n) is 5.75. The zero-order valence-corrected chi connectivity index (χ0v) is 15.6. The van der Waals surface area contributed by atoms with Gasteiger partial charge in [-0.1, -0.05) is 79.8 Å². The van der Waals surface area contributed by atoms with Gasteiger partial charge in [-0.05, 0) is 32.1 Å². The maximum Gasteiger partial charge on any atom is 0.303 e. The molecule has 0 saturated carbocycles. The van der Waals surface area contributed by atoms with E-state index in [1.807, 2.05) is 48.6 Å². The van der Waals surface area contributed by atoms with Crippen LogP contribution in [0.3, 0.4) is 0 Å². The number of allylic oxidation sites excluding steroid dienone is 9. The standard InChI is InChI=1S/C22H32O4/c1-2-3-12-15-20(23)16-13-10-8-6-4-5-7-9-11-14-17-21(24)18-19-22(25)26/h3-5,8-14,16-17,20-21,23-24H,2,6-7,15,18-19H2,1H3,(H,25,26)/b5-4-,10-8-,11-9-,12-3+,16-13+,17-14+/t20-,21+/m0/s1. The van der Waals surface area contributed by atoms with Crippen LogP contribution in [0.5, 0.6) is 0 Å². The third-order valence-electron chi connectivity index (χ3n) is 3.31. The molecule has 26 heavy (non-hydrogen) atoms. The number of aliphatic hydroxyl groups excluding tert-OH is 2. The van der Waals surface area contributed by atoms with Crippen LogP contribution in [0.2, 0.25) is 0 Å². The summed E-state index contributed by atoms with van der Waals surface area (Å²) < 4.78 is 0. The lowest BCUT2D eigenvalue weighted by Crippen LogP contribution is -2.05. The van der Waals surface area contributed by atoms with Crippen molar-refractivity contribution in [2.75, 3.05) is 0 Å². The zero-order valence-electron chi connectivity index (χ0n) is 15.6. The van der Waals surface area contributed by atoms with Gasteiger partial charge in [0.15, 0.2) is 0 Å². The second kappa shape index (κ2) is 17.6. The lowest BCUT2D eigenvalue weighted by atomic mass is 10.2. The van der Waals surface area contributed by atoms with E-state index in [0.717, 1.165) is 19.3 Å². The van der Waals surface area contributed by atoms with E-state index in [2.05, 4.69) is 13.0 Å². The first-order chi connectivity index (χ1) is 12.6. The number of carboxylic acid groups (broad SMARTS) is 1. The first-order valence-electron chi connectivity index (χ1n) is 9.10. The fourth-order valence-electron chi connectivity index (χ4n) is 1.90. The molecule has 3 N–H and O–H groups in total. The van der Waals surface area contributed by atoms with Crippen molar-refractivity contribution in [2.24, 2.45) is 0 Å².